The maximum atomic E-state index is 11.8. The molecule has 0 saturated carbocycles. The van der Waals surface area contributed by atoms with Crippen LogP contribution in [0.4, 0.5) is 5.69 Å². The van der Waals surface area contributed by atoms with Gasteiger partial charge >= 0.3 is 5.97 Å². The third-order valence-corrected chi connectivity index (χ3v) is 4.64. The highest BCUT2D eigenvalue weighted by Gasteiger charge is 2.10. The minimum atomic E-state index is -0.543. The quantitative estimate of drug-likeness (QED) is 0.575. The summed E-state index contributed by atoms with van der Waals surface area (Å²) in [7, 11) is 0. The van der Waals surface area contributed by atoms with Crippen LogP contribution in [0.2, 0.25) is 0 Å². The molecule has 0 saturated heterocycles. The Kier molecular flexibility index (Phi) is 6.80. The van der Waals surface area contributed by atoms with Crippen LogP contribution in [-0.2, 0) is 14.3 Å². The van der Waals surface area contributed by atoms with Crippen molar-refractivity contribution in [2.45, 2.75) is 18.7 Å². The highest BCUT2D eigenvalue weighted by Crippen LogP contribution is 2.23. The molecule has 2 aromatic carbocycles. The summed E-state index contributed by atoms with van der Waals surface area (Å²) >= 11 is 1.37. The van der Waals surface area contributed by atoms with Crippen LogP contribution in [0, 0.1) is 13.8 Å². The Morgan fingerprint density at radius 2 is 1.77 bits per heavy atom. The van der Waals surface area contributed by atoms with Gasteiger partial charge in [-0.2, -0.15) is 0 Å². The van der Waals surface area contributed by atoms with Crippen LogP contribution in [0.25, 0.3) is 0 Å². The minimum absolute atomic E-state index is 0.129. The van der Waals surface area contributed by atoms with Crippen LogP contribution >= 0.6 is 11.8 Å². The first-order valence-corrected chi connectivity index (χ1v) is 8.89. The van der Waals surface area contributed by atoms with E-state index in [-0.39, 0.29) is 12.4 Å². The molecule has 3 N–H and O–H groups in total. The number of hydrogen-bond acceptors (Lipinski definition) is 5. The smallest absolute Gasteiger partial charge is 0.316 e. The Hall–Kier alpha value is -2.80. The first-order valence-electron chi connectivity index (χ1n) is 7.90. The number of benzene rings is 2. The molecular formula is C19H20N2O4S. The number of primary amides is 1. The average Bonchev–Trinajstić information content (AvgIpc) is 2.59. The predicted molar refractivity (Wildman–Crippen MR) is 101 cm³/mol. The second kappa shape index (κ2) is 9.05. The molecule has 7 heteroatoms. The largest absolute Gasteiger partial charge is 0.455 e. The lowest BCUT2D eigenvalue weighted by atomic mass is 10.2. The van der Waals surface area contributed by atoms with E-state index < -0.39 is 17.8 Å². The molecule has 26 heavy (non-hydrogen) atoms. The van der Waals surface area contributed by atoms with Gasteiger partial charge < -0.3 is 15.8 Å². The van der Waals surface area contributed by atoms with Crippen LogP contribution in [0.1, 0.15) is 21.5 Å². The normalized spacial score (nSPS) is 10.2. The molecular weight excluding hydrogens is 352 g/mol. The minimum Gasteiger partial charge on any atom is -0.455 e. The zero-order valence-electron chi connectivity index (χ0n) is 14.6. The number of nitrogens with two attached hydrogens (primary N) is 1. The van der Waals surface area contributed by atoms with E-state index in [2.05, 4.69) is 5.32 Å². The van der Waals surface area contributed by atoms with Crippen molar-refractivity contribution in [1.29, 1.82) is 0 Å². The fourth-order valence-electron chi connectivity index (χ4n) is 2.20. The Morgan fingerprint density at radius 3 is 2.38 bits per heavy atom. The first-order chi connectivity index (χ1) is 12.3. The summed E-state index contributed by atoms with van der Waals surface area (Å²) in [6.45, 7) is 3.62. The predicted octanol–water partition coefficient (Wildman–Crippen LogP) is 2.68. The number of ether oxygens (including phenoxy) is 1. The van der Waals surface area contributed by atoms with Gasteiger partial charge in [-0.05, 0) is 49.7 Å². The number of hydrogen-bond donors (Lipinski definition) is 2. The van der Waals surface area contributed by atoms with Gasteiger partial charge in [0.1, 0.15) is 0 Å². The van der Waals surface area contributed by atoms with Crippen molar-refractivity contribution >= 4 is 35.2 Å². The van der Waals surface area contributed by atoms with Crippen molar-refractivity contribution < 1.29 is 19.1 Å². The van der Waals surface area contributed by atoms with E-state index in [0.29, 0.717) is 11.3 Å². The van der Waals surface area contributed by atoms with Gasteiger partial charge in [0.15, 0.2) is 6.61 Å². The van der Waals surface area contributed by atoms with Gasteiger partial charge in [-0.25, -0.2) is 0 Å². The zero-order valence-corrected chi connectivity index (χ0v) is 15.4. The topological polar surface area (TPSA) is 98.5 Å². The van der Waals surface area contributed by atoms with Gasteiger partial charge in [-0.15, -0.1) is 11.8 Å². The highest BCUT2D eigenvalue weighted by atomic mass is 32.2. The van der Waals surface area contributed by atoms with Gasteiger partial charge in [0.25, 0.3) is 5.91 Å². The van der Waals surface area contributed by atoms with Crippen LogP contribution in [0.3, 0.4) is 0 Å². The molecule has 0 aliphatic heterocycles. The summed E-state index contributed by atoms with van der Waals surface area (Å²) in [6, 6.07) is 12.1. The third-order valence-electron chi connectivity index (χ3n) is 3.49. The van der Waals surface area contributed by atoms with Crippen LogP contribution in [-0.4, -0.2) is 30.1 Å². The first kappa shape index (κ1) is 19.5. The number of carbonyl (C=O) groups excluding carboxylic acids is 3. The molecule has 2 aromatic rings. The van der Waals surface area contributed by atoms with E-state index in [9.17, 15) is 14.4 Å². The Bertz CT molecular complexity index is 819. The maximum absolute atomic E-state index is 11.8. The van der Waals surface area contributed by atoms with Gasteiger partial charge in [-0.1, -0.05) is 17.7 Å². The number of carbonyl (C=O) groups is 3. The van der Waals surface area contributed by atoms with Crippen molar-refractivity contribution in [3.05, 3.63) is 59.2 Å². The van der Waals surface area contributed by atoms with Gasteiger partial charge in [-0.3, -0.25) is 14.4 Å². The van der Waals surface area contributed by atoms with E-state index in [1.54, 1.807) is 12.1 Å². The zero-order chi connectivity index (χ0) is 19.1. The SMILES string of the molecule is Cc1ccc(SCC(=O)OCC(=O)Nc2ccc(C(N)=O)cc2)c(C)c1. The number of rotatable bonds is 7. The molecule has 0 fully saturated rings. The van der Waals surface area contributed by atoms with Crippen LogP contribution in [0.5, 0.6) is 0 Å². The van der Waals surface area contributed by atoms with E-state index in [4.69, 9.17) is 10.5 Å². The van der Waals surface area contributed by atoms with E-state index in [1.807, 2.05) is 32.0 Å². The van der Waals surface area contributed by atoms with Crippen molar-refractivity contribution in [1.82, 2.24) is 0 Å². The number of esters is 1. The molecule has 0 aromatic heterocycles. The fourth-order valence-corrected chi connectivity index (χ4v) is 3.01. The number of thioether (sulfide) groups is 1. The lowest BCUT2D eigenvalue weighted by molar-refractivity contribution is -0.144. The summed E-state index contributed by atoms with van der Waals surface area (Å²) in [6.07, 6.45) is 0. The third kappa shape index (κ3) is 5.93. The lowest BCUT2D eigenvalue weighted by Gasteiger charge is -2.08. The number of nitrogens with one attached hydrogen (secondary N) is 1. The van der Waals surface area contributed by atoms with Gasteiger partial charge in [0, 0.05) is 16.1 Å². The summed E-state index contributed by atoms with van der Waals surface area (Å²) in [5, 5.41) is 2.58. The second-order valence-corrected chi connectivity index (χ2v) is 6.73. The lowest BCUT2D eigenvalue weighted by Crippen LogP contribution is -2.21. The standard InChI is InChI=1S/C19H20N2O4S/c1-12-3-8-16(13(2)9-12)26-11-18(23)25-10-17(22)21-15-6-4-14(5-7-15)19(20)24/h3-9H,10-11H2,1-2H3,(H2,20,24)(H,21,22). The summed E-state index contributed by atoms with van der Waals surface area (Å²) in [4.78, 5) is 35.6. The Labute approximate surface area is 156 Å². The molecule has 0 heterocycles. The fraction of sp³-hybridized carbons (Fsp3) is 0.211. The number of aryl methyl sites for hydroxylation is 2. The second-order valence-electron chi connectivity index (χ2n) is 5.71. The molecule has 0 bridgehead atoms. The summed E-state index contributed by atoms with van der Waals surface area (Å²) < 4.78 is 4.98. The van der Waals surface area contributed by atoms with Gasteiger partial charge in [0.2, 0.25) is 5.91 Å². The van der Waals surface area contributed by atoms with Crippen molar-refractivity contribution in [2.24, 2.45) is 5.73 Å². The molecule has 2 rings (SSSR count). The molecule has 2 amide bonds. The Balaban J connectivity index is 1.76. The molecule has 0 radical (unpaired) electrons. The molecule has 0 unspecified atom stereocenters. The van der Waals surface area contributed by atoms with E-state index in [0.717, 1.165) is 16.0 Å². The van der Waals surface area contributed by atoms with Crippen molar-refractivity contribution in [3.8, 4) is 0 Å². The monoisotopic (exact) mass is 372 g/mol. The molecule has 0 aliphatic rings. The summed E-state index contributed by atoms with van der Waals surface area (Å²) in [5.41, 5.74) is 8.24. The molecule has 0 aliphatic carbocycles. The van der Waals surface area contributed by atoms with Crippen molar-refractivity contribution in [3.63, 3.8) is 0 Å². The molecule has 0 spiro atoms. The maximum Gasteiger partial charge on any atom is 0.316 e. The Morgan fingerprint density at radius 1 is 1.08 bits per heavy atom. The van der Waals surface area contributed by atoms with Crippen LogP contribution in [0.15, 0.2) is 47.4 Å². The average molecular weight is 372 g/mol. The van der Waals surface area contributed by atoms with Crippen LogP contribution < -0.4 is 11.1 Å². The van der Waals surface area contributed by atoms with Crippen molar-refractivity contribution in [2.75, 3.05) is 17.7 Å². The van der Waals surface area contributed by atoms with Gasteiger partial charge in [0.05, 0.1) is 5.75 Å². The number of amides is 2. The molecule has 136 valence electrons. The number of anilines is 1. The molecule has 0 atom stereocenters. The van der Waals surface area contributed by atoms with E-state index >= 15 is 0 Å². The summed E-state index contributed by atoms with van der Waals surface area (Å²) in [5.74, 6) is -1.33. The molecule has 6 nitrogen and oxygen atoms in total. The highest BCUT2D eigenvalue weighted by molar-refractivity contribution is 8.00. The van der Waals surface area contributed by atoms with E-state index in [1.165, 1.54) is 23.9 Å².